The van der Waals surface area contributed by atoms with E-state index in [1.807, 2.05) is 0 Å². The maximum atomic E-state index is 9.49. The lowest BCUT2D eigenvalue weighted by molar-refractivity contribution is 0.136. The molecule has 0 saturated carbocycles. The molecule has 3 nitrogen and oxygen atoms in total. The number of hydrogen-bond donors (Lipinski definition) is 2. The maximum absolute atomic E-state index is 9.49. The number of aryl methyl sites for hydroxylation is 2. The highest BCUT2D eigenvalue weighted by molar-refractivity contribution is 5.30. The Labute approximate surface area is 122 Å². The van der Waals surface area contributed by atoms with Gasteiger partial charge in [-0.3, -0.25) is 4.90 Å². The first kappa shape index (κ1) is 15.5. The van der Waals surface area contributed by atoms with Gasteiger partial charge in [-0.25, -0.2) is 0 Å². The molecule has 112 valence electrons. The summed E-state index contributed by atoms with van der Waals surface area (Å²) >= 11 is 0. The van der Waals surface area contributed by atoms with Crippen LogP contribution in [0.4, 0.5) is 0 Å². The van der Waals surface area contributed by atoms with E-state index in [0.717, 1.165) is 19.5 Å². The van der Waals surface area contributed by atoms with Crippen LogP contribution in [-0.2, 0) is 0 Å². The first-order valence-electron chi connectivity index (χ1n) is 7.70. The molecule has 3 N–H and O–H groups in total. The first-order valence-corrected chi connectivity index (χ1v) is 7.70. The molecule has 0 amide bonds. The van der Waals surface area contributed by atoms with Gasteiger partial charge in [-0.05, 0) is 44.7 Å². The van der Waals surface area contributed by atoms with E-state index < -0.39 is 0 Å². The number of aliphatic hydroxyl groups is 1. The standard InChI is InChI=1S/C17H28N2O/c1-12-8-13(2)10-15(9-12)16(18)5-7-19-6-4-14(3)17(19)11-20/h8-10,14,16-17,20H,4-7,11,18H2,1-3H3. The SMILES string of the molecule is Cc1cc(C)cc(C(N)CCN2CCC(C)C2CO)c1. The van der Waals surface area contributed by atoms with Crippen LogP contribution in [0.2, 0.25) is 0 Å². The molecule has 3 heteroatoms. The highest BCUT2D eigenvalue weighted by atomic mass is 16.3. The average Bonchev–Trinajstić information content (AvgIpc) is 2.75. The lowest BCUT2D eigenvalue weighted by atomic mass is 9.99. The Morgan fingerprint density at radius 3 is 2.55 bits per heavy atom. The van der Waals surface area contributed by atoms with Crippen molar-refractivity contribution in [3.8, 4) is 0 Å². The van der Waals surface area contributed by atoms with Gasteiger partial charge in [0.25, 0.3) is 0 Å². The van der Waals surface area contributed by atoms with Gasteiger partial charge >= 0.3 is 0 Å². The second-order valence-corrected chi connectivity index (χ2v) is 6.37. The van der Waals surface area contributed by atoms with Crippen LogP contribution < -0.4 is 5.73 Å². The van der Waals surface area contributed by atoms with Crippen LogP contribution in [0.15, 0.2) is 18.2 Å². The lowest BCUT2D eigenvalue weighted by Crippen LogP contribution is -2.36. The molecule has 1 aromatic rings. The van der Waals surface area contributed by atoms with Crippen molar-refractivity contribution in [1.29, 1.82) is 0 Å². The van der Waals surface area contributed by atoms with E-state index >= 15 is 0 Å². The molecule has 0 bridgehead atoms. The Morgan fingerprint density at radius 2 is 1.95 bits per heavy atom. The molecule has 1 heterocycles. The molecule has 1 saturated heterocycles. The van der Waals surface area contributed by atoms with Crippen LogP contribution in [0, 0.1) is 19.8 Å². The quantitative estimate of drug-likeness (QED) is 0.868. The third-order valence-electron chi connectivity index (χ3n) is 4.58. The molecular formula is C17H28N2O. The molecule has 0 aromatic heterocycles. The summed E-state index contributed by atoms with van der Waals surface area (Å²) in [7, 11) is 0. The highest BCUT2D eigenvalue weighted by Gasteiger charge is 2.30. The summed E-state index contributed by atoms with van der Waals surface area (Å²) < 4.78 is 0. The van der Waals surface area contributed by atoms with E-state index in [2.05, 4.69) is 43.9 Å². The third-order valence-corrected chi connectivity index (χ3v) is 4.58. The molecule has 1 fully saturated rings. The minimum absolute atomic E-state index is 0.0869. The van der Waals surface area contributed by atoms with Gasteiger partial charge in [0.1, 0.15) is 0 Å². The van der Waals surface area contributed by atoms with Crippen molar-refractivity contribution in [2.45, 2.75) is 45.7 Å². The van der Waals surface area contributed by atoms with E-state index in [9.17, 15) is 5.11 Å². The third kappa shape index (κ3) is 3.60. The number of nitrogens with zero attached hydrogens (tertiary/aromatic N) is 1. The van der Waals surface area contributed by atoms with Gasteiger partial charge in [0, 0.05) is 18.6 Å². The van der Waals surface area contributed by atoms with Gasteiger partial charge in [-0.1, -0.05) is 36.2 Å². The monoisotopic (exact) mass is 276 g/mol. The Balaban J connectivity index is 1.93. The van der Waals surface area contributed by atoms with Gasteiger partial charge in [0.05, 0.1) is 6.61 Å². The molecule has 0 spiro atoms. The maximum Gasteiger partial charge on any atom is 0.0589 e. The number of aliphatic hydroxyl groups excluding tert-OH is 1. The Hall–Kier alpha value is -0.900. The largest absolute Gasteiger partial charge is 0.395 e. The topological polar surface area (TPSA) is 49.5 Å². The van der Waals surface area contributed by atoms with Gasteiger partial charge in [0.15, 0.2) is 0 Å². The molecule has 1 aliphatic rings. The van der Waals surface area contributed by atoms with Crippen molar-refractivity contribution in [1.82, 2.24) is 4.90 Å². The van der Waals surface area contributed by atoms with Crippen LogP contribution in [0.5, 0.6) is 0 Å². The average molecular weight is 276 g/mol. The minimum atomic E-state index is 0.0869. The number of hydrogen-bond acceptors (Lipinski definition) is 3. The number of benzene rings is 1. The zero-order chi connectivity index (χ0) is 14.7. The van der Waals surface area contributed by atoms with Crippen molar-refractivity contribution >= 4 is 0 Å². The fourth-order valence-corrected chi connectivity index (χ4v) is 3.36. The molecule has 0 aliphatic carbocycles. The van der Waals surface area contributed by atoms with Crippen molar-refractivity contribution in [3.63, 3.8) is 0 Å². The van der Waals surface area contributed by atoms with E-state index in [1.165, 1.54) is 23.1 Å². The van der Waals surface area contributed by atoms with Gasteiger partial charge < -0.3 is 10.8 Å². The fourth-order valence-electron chi connectivity index (χ4n) is 3.36. The highest BCUT2D eigenvalue weighted by Crippen LogP contribution is 2.25. The molecule has 3 atom stereocenters. The summed E-state index contributed by atoms with van der Waals surface area (Å²) in [5.41, 5.74) is 10.1. The van der Waals surface area contributed by atoms with Crippen LogP contribution in [0.1, 0.15) is 42.5 Å². The van der Waals surface area contributed by atoms with Crippen molar-refractivity contribution in [2.75, 3.05) is 19.7 Å². The zero-order valence-electron chi connectivity index (χ0n) is 13.0. The Morgan fingerprint density at radius 1 is 1.30 bits per heavy atom. The summed E-state index contributed by atoms with van der Waals surface area (Å²) in [6, 6.07) is 6.96. The summed E-state index contributed by atoms with van der Waals surface area (Å²) in [6.07, 6.45) is 2.14. The number of nitrogens with two attached hydrogens (primary N) is 1. The Bertz CT molecular complexity index is 426. The van der Waals surface area contributed by atoms with Crippen LogP contribution >= 0.6 is 0 Å². The second-order valence-electron chi connectivity index (χ2n) is 6.37. The molecule has 0 radical (unpaired) electrons. The minimum Gasteiger partial charge on any atom is -0.395 e. The van der Waals surface area contributed by atoms with Crippen molar-refractivity contribution < 1.29 is 5.11 Å². The molecule has 1 aromatic carbocycles. The van der Waals surface area contributed by atoms with Crippen LogP contribution in [-0.4, -0.2) is 35.7 Å². The molecule has 1 aliphatic heterocycles. The van der Waals surface area contributed by atoms with Crippen molar-refractivity contribution in [3.05, 3.63) is 34.9 Å². The normalized spacial score (nSPS) is 25.1. The predicted octanol–water partition coefficient (Wildman–Crippen LogP) is 2.40. The van der Waals surface area contributed by atoms with E-state index in [1.54, 1.807) is 0 Å². The predicted molar refractivity (Wildman–Crippen MR) is 83.7 cm³/mol. The van der Waals surface area contributed by atoms with Crippen LogP contribution in [0.3, 0.4) is 0 Å². The van der Waals surface area contributed by atoms with E-state index in [0.29, 0.717) is 12.0 Å². The summed E-state index contributed by atoms with van der Waals surface area (Å²) in [5, 5.41) is 9.49. The van der Waals surface area contributed by atoms with Gasteiger partial charge in [-0.15, -0.1) is 0 Å². The second kappa shape index (κ2) is 6.70. The van der Waals surface area contributed by atoms with E-state index in [-0.39, 0.29) is 12.6 Å². The Kier molecular flexibility index (Phi) is 5.19. The molecule has 20 heavy (non-hydrogen) atoms. The smallest absolute Gasteiger partial charge is 0.0589 e. The lowest BCUT2D eigenvalue weighted by Gasteiger charge is -2.26. The van der Waals surface area contributed by atoms with Gasteiger partial charge in [-0.2, -0.15) is 0 Å². The number of likely N-dealkylation sites (tertiary alicyclic amines) is 1. The molecule has 2 rings (SSSR count). The zero-order valence-corrected chi connectivity index (χ0v) is 13.0. The fraction of sp³-hybridized carbons (Fsp3) is 0.647. The summed E-state index contributed by atoms with van der Waals surface area (Å²) in [5.74, 6) is 0.595. The molecule has 3 unspecified atom stereocenters. The van der Waals surface area contributed by atoms with Crippen LogP contribution in [0.25, 0.3) is 0 Å². The van der Waals surface area contributed by atoms with Gasteiger partial charge in [0.2, 0.25) is 0 Å². The summed E-state index contributed by atoms with van der Waals surface area (Å²) in [6.45, 7) is 8.79. The molecular weight excluding hydrogens is 248 g/mol. The summed E-state index contributed by atoms with van der Waals surface area (Å²) in [4.78, 5) is 2.40. The number of rotatable bonds is 5. The first-order chi connectivity index (χ1) is 9.51. The van der Waals surface area contributed by atoms with Crippen molar-refractivity contribution in [2.24, 2.45) is 11.7 Å². The van der Waals surface area contributed by atoms with E-state index in [4.69, 9.17) is 5.73 Å².